The summed E-state index contributed by atoms with van der Waals surface area (Å²) in [5, 5.41) is 11.4. The SMILES string of the molecule is CC1(C)C(C(=O)NO)NCCS1=O. The lowest BCUT2D eigenvalue weighted by Crippen LogP contribution is -2.62. The highest BCUT2D eigenvalue weighted by Gasteiger charge is 2.42. The highest BCUT2D eigenvalue weighted by molar-refractivity contribution is 7.86. The van der Waals surface area contributed by atoms with Crippen LogP contribution in [0.15, 0.2) is 0 Å². The number of rotatable bonds is 1. The van der Waals surface area contributed by atoms with Gasteiger partial charge in [0.2, 0.25) is 0 Å². The Morgan fingerprint density at radius 1 is 1.69 bits per heavy atom. The van der Waals surface area contributed by atoms with Crippen LogP contribution in [0.25, 0.3) is 0 Å². The summed E-state index contributed by atoms with van der Waals surface area (Å²) in [4.78, 5) is 11.2. The van der Waals surface area contributed by atoms with Gasteiger partial charge in [-0.05, 0) is 13.8 Å². The third-order valence-electron chi connectivity index (χ3n) is 2.29. The lowest BCUT2D eigenvalue weighted by Gasteiger charge is -2.36. The van der Waals surface area contributed by atoms with Crippen LogP contribution in [0.3, 0.4) is 0 Å². The van der Waals surface area contributed by atoms with Crippen LogP contribution in [0.4, 0.5) is 0 Å². The van der Waals surface area contributed by atoms with Crippen molar-refractivity contribution in [3.05, 3.63) is 0 Å². The summed E-state index contributed by atoms with van der Waals surface area (Å²) in [6.45, 7) is 4.03. The second-order valence-corrected chi connectivity index (χ2v) is 5.67. The highest BCUT2D eigenvalue weighted by Crippen LogP contribution is 2.21. The maximum atomic E-state index is 11.6. The van der Waals surface area contributed by atoms with Crippen LogP contribution in [0, 0.1) is 0 Å². The summed E-state index contributed by atoms with van der Waals surface area (Å²) in [5.74, 6) is 0.0143. The van der Waals surface area contributed by atoms with Gasteiger partial charge < -0.3 is 5.32 Å². The van der Waals surface area contributed by atoms with Crippen molar-refractivity contribution in [3.63, 3.8) is 0 Å². The molecule has 2 atom stereocenters. The Kier molecular flexibility index (Phi) is 3.05. The van der Waals surface area contributed by atoms with Gasteiger partial charge in [0.15, 0.2) is 0 Å². The number of amides is 1. The van der Waals surface area contributed by atoms with Gasteiger partial charge in [-0.25, -0.2) is 5.48 Å². The molecule has 0 aliphatic carbocycles. The smallest absolute Gasteiger partial charge is 0.261 e. The van der Waals surface area contributed by atoms with Crippen molar-refractivity contribution in [2.24, 2.45) is 0 Å². The van der Waals surface area contributed by atoms with Gasteiger partial charge in [0.25, 0.3) is 5.91 Å². The zero-order chi connectivity index (χ0) is 10.1. The van der Waals surface area contributed by atoms with E-state index in [4.69, 9.17) is 5.21 Å². The molecule has 1 saturated heterocycles. The molecule has 0 bridgehead atoms. The number of carbonyl (C=O) groups excluding carboxylic acids is 1. The zero-order valence-corrected chi connectivity index (χ0v) is 8.48. The van der Waals surface area contributed by atoms with E-state index >= 15 is 0 Å². The van der Waals surface area contributed by atoms with Gasteiger partial charge in [-0.3, -0.25) is 14.2 Å². The van der Waals surface area contributed by atoms with E-state index in [0.717, 1.165) is 0 Å². The van der Waals surface area contributed by atoms with Gasteiger partial charge in [-0.2, -0.15) is 0 Å². The molecule has 1 heterocycles. The molecule has 0 aromatic rings. The van der Waals surface area contributed by atoms with Gasteiger partial charge in [0, 0.05) is 23.1 Å². The Morgan fingerprint density at radius 2 is 2.31 bits per heavy atom. The first-order valence-corrected chi connectivity index (χ1v) is 5.38. The standard InChI is InChI=1S/C7H14N2O3S/c1-7(2)5(6(10)9-11)8-3-4-13(7)12/h5,8,11H,3-4H2,1-2H3,(H,9,10). The van der Waals surface area contributed by atoms with E-state index in [9.17, 15) is 9.00 Å². The Morgan fingerprint density at radius 3 is 2.85 bits per heavy atom. The maximum absolute atomic E-state index is 11.6. The highest BCUT2D eigenvalue weighted by atomic mass is 32.2. The molecule has 0 aromatic heterocycles. The Labute approximate surface area is 79.3 Å². The van der Waals surface area contributed by atoms with Crippen LogP contribution in [0.2, 0.25) is 0 Å². The van der Waals surface area contributed by atoms with Crippen LogP contribution in [-0.2, 0) is 15.6 Å². The molecule has 1 rings (SSSR count). The molecule has 2 unspecified atom stereocenters. The number of hydrogen-bond acceptors (Lipinski definition) is 4. The van der Waals surface area contributed by atoms with Crippen LogP contribution in [0.5, 0.6) is 0 Å². The van der Waals surface area contributed by atoms with E-state index in [1.54, 1.807) is 19.3 Å². The summed E-state index contributed by atoms with van der Waals surface area (Å²) in [7, 11) is -1.04. The average Bonchev–Trinajstić information content (AvgIpc) is 2.08. The van der Waals surface area contributed by atoms with Crippen molar-refractivity contribution in [1.82, 2.24) is 10.8 Å². The fourth-order valence-electron chi connectivity index (χ4n) is 1.41. The fraction of sp³-hybridized carbons (Fsp3) is 0.857. The van der Waals surface area contributed by atoms with Gasteiger partial charge in [-0.15, -0.1) is 0 Å². The van der Waals surface area contributed by atoms with Gasteiger partial charge in [-0.1, -0.05) is 0 Å². The molecule has 0 saturated carbocycles. The van der Waals surface area contributed by atoms with Crippen LogP contribution in [0.1, 0.15) is 13.8 Å². The molecule has 1 aliphatic heterocycles. The first-order chi connectivity index (χ1) is 6.00. The number of carbonyl (C=O) groups is 1. The van der Waals surface area contributed by atoms with Crippen molar-refractivity contribution in [1.29, 1.82) is 0 Å². The Hall–Kier alpha value is -0.460. The van der Waals surface area contributed by atoms with Crippen LogP contribution < -0.4 is 10.8 Å². The van der Waals surface area contributed by atoms with Crippen molar-refractivity contribution in [2.75, 3.05) is 12.3 Å². The number of hydrogen-bond donors (Lipinski definition) is 3. The molecule has 1 fully saturated rings. The van der Waals surface area contributed by atoms with E-state index in [1.165, 1.54) is 0 Å². The van der Waals surface area contributed by atoms with Crippen molar-refractivity contribution in [2.45, 2.75) is 24.6 Å². The number of hydroxylamine groups is 1. The topological polar surface area (TPSA) is 78.4 Å². The van der Waals surface area contributed by atoms with E-state index < -0.39 is 27.5 Å². The summed E-state index contributed by atoms with van der Waals surface area (Å²) < 4.78 is 10.9. The first kappa shape index (κ1) is 10.6. The minimum atomic E-state index is -1.04. The predicted molar refractivity (Wildman–Crippen MR) is 48.8 cm³/mol. The minimum absolute atomic E-state index is 0.530. The predicted octanol–water partition coefficient (Wildman–Crippen LogP) is -1.01. The van der Waals surface area contributed by atoms with Crippen molar-refractivity contribution in [3.8, 4) is 0 Å². The second-order valence-electron chi connectivity index (χ2n) is 3.52. The van der Waals surface area contributed by atoms with E-state index in [1.807, 2.05) is 0 Å². The Balaban J connectivity index is 2.83. The minimum Gasteiger partial charge on any atom is -0.304 e. The van der Waals surface area contributed by atoms with Crippen molar-refractivity contribution < 1.29 is 14.2 Å². The molecular formula is C7H14N2O3S. The van der Waals surface area contributed by atoms with E-state index in [-0.39, 0.29) is 0 Å². The molecule has 5 nitrogen and oxygen atoms in total. The summed E-state index contributed by atoms with van der Waals surface area (Å²) in [6, 6.07) is -0.591. The second kappa shape index (κ2) is 3.73. The quantitative estimate of drug-likeness (QED) is 0.379. The monoisotopic (exact) mass is 206 g/mol. The normalized spacial score (nSPS) is 32.5. The summed E-state index contributed by atoms with van der Waals surface area (Å²) in [5.41, 5.74) is 1.57. The van der Waals surface area contributed by atoms with Crippen LogP contribution >= 0.6 is 0 Å². The molecule has 0 radical (unpaired) electrons. The van der Waals surface area contributed by atoms with Gasteiger partial charge in [0.1, 0.15) is 6.04 Å². The average molecular weight is 206 g/mol. The fourth-order valence-corrected chi connectivity index (χ4v) is 2.69. The molecule has 76 valence electrons. The third kappa shape index (κ3) is 1.90. The van der Waals surface area contributed by atoms with Gasteiger partial charge >= 0.3 is 0 Å². The van der Waals surface area contributed by atoms with E-state index in [0.29, 0.717) is 12.3 Å². The molecule has 3 N–H and O–H groups in total. The summed E-state index contributed by atoms with van der Waals surface area (Å²) in [6.07, 6.45) is 0. The first-order valence-electron chi connectivity index (χ1n) is 4.06. The third-order valence-corrected chi connectivity index (χ3v) is 4.27. The summed E-state index contributed by atoms with van der Waals surface area (Å²) >= 11 is 0. The molecule has 6 heteroatoms. The lowest BCUT2D eigenvalue weighted by atomic mass is 10.0. The Bertz CT molecular complexity index is 242. The molecule has 0 spiro atoms. The molecule has 0 aromatic carbocycles. The molecular weight excluding hydrogens is 192 g/mol. The largest absolute Gasteiger partial charge is 0.304 e. The maximum Gasteiger partial charge on any atom is 0.261 e. The lowest BCUT2D eigenvalue weighted by molar-refractivity contribution is -0.132. The number of nitrogens with one attached hydrogen (secondary N) is 2. The van der Waals surface area contributed by atoms with E-state index in [2.05, 4.69) is 5.32 Å². The molecule has 1 aliphatic rings. The molecule has 1 amide bonds. The van der Waals surface area contributed by atoms with Gasteiger partial charge in [0.05, 0.1) is 4.75 Å². The molecule has 13 heavy (non-hydrogen) atoms. The van der Waals surface area contributed by atoms with Crippen LogP contribution in [-0.4, -0.2) is 38.4 Å². The van der Waals surface area contributed by atoms with Crippen molar-refractivity contribution >= 4 is 16.7 Å². The zero-order valence-electron chi connectivity index (χ0n) is 7.66.